The van der Waals surface area contributed by atoms with Crippen LogP contribution in [-0.2, 0) is 0 Å². The van der Waals surface area contributed by atoms with Crippen LogP contribution < -0.4 is 5.32 Å². The molecule has 0 saturated carbocycles. The highest BCUT2D eigenvalue weighted by atomic mass is 15.0. The Hall–Kier alpha value is -4.82. The first-order valence-electron chi connectivity index (χ1n) is 12.6. The van der Waals surface area contributed by atoms with Crippen LogP contribution in [0.5, 0.6) is 0 Å². The van der Waals surface area contributed by atoms with Crippen LogP contribution >= 0.6 is 0 Å². The van der Waals surface area contributed by atoms with Crippen molar-refractivity contribution < 1.29 is 0 Å². The lowest BCUT2D eigenvalue weighted by Crippen LogP contribution is -1.94. The molecule has 2 nitrogen and oxygen atoms in total. The number of hydrogen-bond acceptors (Lipinski definition) is 1. The standard InChI is InChI=1S/C35H28N2/c1-3-4-5-10-25(2)26-15-18-29(19-16-26)36-30-20-22-35-33(24-30)32-13-8-9-14-34(32)37(35)31-21-17-27-11-6-7-12-28(27)23-31/h3-24,36H,1H2,2H3/b5-4-,25-10+. The molecule has 0 spiro atoms. The van der Waals surface area contributed by atoms with Gasteiger partial charge in [-0.25, -0.2) is 0 Å². The normalized spacial score (nSPS) is 12.1. The number of allylic oxidation sites excluding steroid dienone is 5. The summed E-state index contributed by atoms with van der Waals surface area (Å²) >= 11 is 0. The zero-order chi connectivity index (χ0) is 25.2. The Morgan fingerprint density at radius 2 is 1.41 bits per heavy atom. The summed E-state index contributed by atoms with van der Waals surface area (Å²) in [7, 11) is 0. The van der Waals surface area contributed by atoms with Crippen LogP contribution in [0, 0.1) is 0 Å². The van der Waals surface area contributed by atoms with Gasteiger partial charge in [-0.2, -0.15) is 0 Å². The van der Waals surface area contributed by atoms with Crippen molar-refractivity contribution >= 4 is 49.5 Å². The van der Waals surface area contributed by atoms with E-state index in [-0.39, 0.29) is 0 Å². The van der Waals surface area contributed by atoms with E-state index in [2.05, 4.69) is 139 Å². The van der Waals surface area contributed by atoms with Gasteiger partial charge >= 0.3 is 0 Å². The topological polar surface area (TPSA) is 17.0 Å². The molecule has 37 heavy (non-hydrogen) atoms. The van der Waals surface area contributed by atoms with Gasteiger partial charge in [0.05, 0.1) is 11.0 Å². The maximum atomic E-state index is 3.72. The van der Waals surface area contributed by atoms with Crippen molar-refractivity contribution in [1.82, 2.24) is 4.57 Å². The monoisotopic (exact) mass is 476 g/mol. The second kappa shape index (κ2) is 9.67. The van der Waals surface area contributed by atoms with Gasteiger partial charge < -0.3 is 9.88 Å². The van der Waals surface area contributed by atoms with E-state index in [9.17, 15) is 0 Å². The molecule has 6 aromatic rings. The smallest absolute Gasteiger partial charge is 0.0542 e. The maximum Gasteiger partial charge on any atom is 0.0542 e. The summed E-state index contributed by atoms with van der Waals surface area (Å²) in [6.07, 6.45) is 7.83. The summed E-state index contributed by atoms with van der Waals surface area (Å²) < 4.78 is 2.37. The molecule has 0 amide bonds. The van der Waals surface area contributed by atoms with Crippen LogP contribution in [0.1, 0.15) is 12.5 Å². The van der Waals surface area contributed by atoms with Crippen molar-refractivity contribution in [2.45, 2.75) is 6.92 Å². The Morgan fingerprint density at radius 3 is 2.24 bits per heavy atom. The fourth-order valence-electron chi connectivity index (χ4n) is 5.00. The first kappa shape index (κ1) is 22.6. The SMILES string of the molecule is C=C/C=C\C=C(/C)c1ccc(Nc2ccc3c(c2)c2ccccc2n3-c2ccc3ccccc3c2)cc1. The molecule has 0 aliphatic rings. The third-order valence-electron chi connectivity index (χ3n) is 6.89. The Kier molecular flexibility index (Phi) is 5.92. The average molecular weight is 477 g/mol. The van der Waals surface area contributed by atoms with Gasteiger partial charge in [-0.3, -0.25) is 0 Å². The number of anilines is 2. The number of rotatable bonds is 6. The van der Waals surface area contributed by atoms with Gasteiger partial charge in [0.2, 0.25) is 0 Å². The molecule has 2 heteroatoms. The fraction of sp³-hybridized carbons (Fsp3) is 0.0286. The van der Waals surface area contributed by atoms with Gasteiger partial charge in [0.15, 0.2) is 0 Å². The Balaban J connectivity index is 1.38. The van der Waals surface area contributed by atoms with Crippen molar-refractivity contribution in [3.63, 3.8) is 0 Å². The zero-order valence-electron chi connectivity index (χ0n) is 20.9. The minimum Gasteiger partial charge on any atom is -0.356 e. The van der Waals surface area contributed by atoms with Crippen LogP contribution in [0.25, 0.3) is 43.8 Å². The first-order valence-corrected chi connectivity index (χ1v) is 12.6. The lowest BCUT2D eigenvalue weighted by molar-refractivity contribution is 1.19. The fourth-order valence-corrected chi connectivity index (χ4v) is 5.00. The molecule has 1 heterocycles. The van der Waals surface area contributed by atoms with Gasteiger partial charge in [-0.1, -0.05) is 91.5 Å². The molecule has 6 rings (SSSR count). The number of para-hydroxylation sites is 1. The quantitative estimate of drug-likeness (QED) is 0.237. The minimum atomic E-state index is 1.07. The van der Waals surface area contributed by atoms with Crippen LogP contribution in [0.3, 0.4) is 0 Å². The number of hydrogen-bond donors (Lipinski definition) is 1. The molecule has 0 fully saturated rings. The van der Waals surface area contributed by atoms with E-state index in [1.807, 2.05) is 12.2 Å². The molecule has 1 aromatic heterocycles. The Bertz CT molecular complexity index is 1810. The van der Waals surface area contributed by atoms with Crippen molar-refractivity contribution in [3.05, 3.63) is 146 Å². The molecule has 0 radical (unpaired) electrons. The summed E-state index contributed by atoms with van der Waals surface area (Å²) in [4.78, 5) is 0. The summed E-state index contributed by atoms with van der Waals surface area (Å²) in [6, 6.07) is 39.1. The predicted molar refractivity (Wildman–Crippen MR) is 161 cm³/mol. The minimum absolute atomic E-state index is 1.07. The first-order chi connectivity index (χ1) is 18.2. The van der Waals surface area contributed by atoms with Gasteiger partial charge in [0, 0.05) is 27.8 Å². The Morgan fingerprint density at radius 1 is 0.676 bits per heavy atom. The number of fused-ring (bicyclic) bond motifs is 4. The van der Waals surface area contributed by atoms with Crippen molar-refractivity contribution in [3.8, 4) is 5.69 Å². The molecule has 0 unspecified atom stereocenters. The summed E-state index contributed by atoms with van der Waals surface area (Å²) in [6.45, 7) is 5.84. The number of nitrogens with zero attached hydrogens (tertiary/aromatic N) is 1. The van der Waals surface area contributed by atoms with E-state index in [1.54, 1.807) is 6.08 Å². The number of nitrogens with one attached hydrogen (secondary N) is 1. The van der Waals surface area contributed by atoms with E-state index < -0.39 is 0 Å². The molecule has 5 aromatic carbocycles. The molecule has 178 valence electrons. The Labute approximate surface area is 217 Å². The van der Waals surface area contributed by atoms with Crippen LogP contribution in [-0.4, -0.2) is 4.57 Å². The van der Waals surface area contributed by atoms with Crippen LogP contribution in [0.2, 0.25) is 0 Å². The van der Waals surface area contributed by atoms with Gasteiger partial charge in [0.25, 0.3) is 0 Å². The van der Waals surface area contributed by atoms with Gasteiger partial charge in [0.1, 0.15) is 0 Å². The lowest BCUT2D eigenvalue weighted by atomic mass is 10.1. The number of aromatic nitrogens is 1. The second-order valence-corrected chi connectivity index (χ2v) is 9.29. The molecule has 0 aliphatic heterocycles. The third-order valence-corrected chi connectivity index (χ3v) is 6.89. The van der Waals surface area contributed by atoms with Crippen LogP contribution in [0.4, 0.5) is 11.4 Å². The number of benzene rings is 5. The molecule has 0 aliphatic carbocycles. The van der Waals surface area contributed by atoms with E-state index in [1.165, 1.54) is 49.4 Å². The highest BCUT2D eigenvalue weighted by Gasteiger charge is 2.13. The molecular weight excluding hydrogens is 448 g/mol. The largest absolute Gasteiger partial charge is 0.356 e. The predicted octanol–water partition coefficient (Wildman–Crippen LogP) is 9.83. The third kappa shape index (κ3) is 4.34. The van der Waals surface area contributed by atoms with E-state index in [4.69, 9.17) is 0 Å². The van der Waals surface area contributed by atoms with Crippen molar-refractivity contribution in [2.24, 2.45) is 0 Å². The zero-order valence-corrected chi connectivity index (χ0v) is 20.9. The average Bonchev–Trinajstić information content (AvgIpc) is 3.27. The second-order valence-electron chi connectivity index (χ2n) is 9.29. The van der Waals surface area contributed by atoms with E-state index in [0.717, 1.165) is 11.4 Å². The summed E-state index contributed by atoms with van der Waals surface area (Å²) in [5.41, 5.74) is 8.14. The molecule has 1 N–H and O–H groups in total. The molecule has 0 atom stereocenters. The van der Waals surface area contributed by atoms with Gasteiger partial charge in [-0.15, -0.1) is 0 Å². The summed E-state index contributed by atoms with van der Waals surface area (Å²) in [5, 5.41) is 8.58. The maximum absolute atomic E-state index is 3.72. The van der Waals surface area contributed by atoms with Crippen LogP contribution in [0.15, 0.2) is 140 Å². The lowest BCUT2D eigenvalue weighted by Gasteiger charge is -2.11. The highest BCUT2D eigenvalue weighted by molar-refractivity contribution is 6.10. The molecule has 0 saturated heterocycles. The summed E-state index contributed by atoms with van der Waals surface area (Å²) in [5.74, 6) is 0. The van der Waals surface area contributed by atoms with E-state index in [0.29, 0.717) is 0 Å². The highest BCUT2D eigenvalue weighted by Crippen LogP contribution is 2.35. The van der Waals surface area contributed by atoms with Crippen molar-refractivity contribution in [1.29, 1.82) is 0 Å². The molecule has 0 bridgehead atoms. The van der Waals surface area contributed by atoms with Crippen molar-refractivity contribution in [2.75, 3.05) is 5.32 Å². The molecular formula is C35H28N2. The van der Waals surface area contributed by atoms with Gasteiger partial charge in [-0.05, 0) is 77.4 Å². The van der Waals surface area contributed by atoms with E-state index >= 15 is 0 Å².